The van der Waals surface area contributed by atoms with E-state index in [1.54, 1.807) is 49.5 Å². The van der Waals surface area contributed by atoms with Crippen LogP contribution < -0.4 is 15.4 Å². The highest BCUT2D eigenvalue weighted by Gasteiger charge is 2.47. The van der Waals surface area contributed by atoms with E-state index in [0.717, 1.165) is 23.1 Å². The van der Waals surface area contributed by atoms with Gasteiger partial charge in [0.1, 0.15) is 29.2 Å². The summed E-state index contributed by atoms with van der Waals surface area (Å²) >= 11 is 12.5. The van der Waals surface area contributed by atoms with Gasteiger partial charge in [-0.25, -0.2) is 9.37 Å². The molecule has 0 aliphatic carbocycles. The fourth-order valence-corrected chi connectivity index (χ4v) is 9.76. The number of likely N-dealkylation sites (N-methyl/N-ethyl adjacent to an activating group) is 1. The van der Waals surface area contributed by atoms with Crippen molar-refractivity contribution in [2.24, 2.45) is 13.0 Å². The average Bonchev–Trinajstić information content (AvgIpc) is 3.64. The van der Waals surface area contributed by atoms with Crippen LogP contribution in [-0.4, -0.2) is 126 Å². The molecule has 2 heterocycles. The third-order valence-electron chi connectivity index (χ3n) is 13.7. The molecule has 1 saturated heterocycles. The minimum absolute atomic E-state index is 0.0343. The van der Waals surface area contributed by atoms with E-state index in [-0.39, 0.29) is 60.5 Å². The van der Waals surface area contributed by atoms with Gasteiger partial charge >= 0.3 is 12.1 Å². The highest BCUT2D eigenvalue weighted by Crippen LogP contribution is 2.38. The van der Waals surface area contributed by atoms with Crippen molar-refractivity contribution >= 4 is 55.2 Å². The first kappa shape index (κ1) is 57.8. The summed E-state index contributed by atoms with van der Waals surface area (Å²) in [6.07, 6.45) is -4.98. The maximum Gasteiger partial charge on any atom is 0.389 e. The Morgan fingerprint density at radius 1 is 0.986 bits per heavy atom. The van der Waals surface area contributed by atoms with E-state index < -0.39 is 80.4 Å². The largest absolute Gasteiger partial charge is 0.481 e. The Kier molecular flexibility index (Phi) is 19.2. The molecule has 4 aromatic rings. The maximum absolute atomic E-state index is 15.8. The number of piperidine rings is 1. The van der Waals surface area contributed by atoms with Crippen LogP contribution in [0.15, 0.2) is 66.9 Å². The molecule has 14 nitrogen and oxygen atoms in total. The van der Waals surface area contributed by atoms with Gasteiger partial charge in [-0.2, -0.15) is 13.2 Å². The number of carboxylic acids is 1. The number of carbonyl (C=O) groups is 4. The van der Waals surface area contributed by atoms with Gasteiger partial charge < -0.3 is 44.2 Å². The lowest BCUT2D eigenvalue weighted by molar-refractivity contribution is -0.166. The molecule has 1 aromatic heterocycles. The number of carbonyl (C=O) groups excluding carboxylic acids is 3. The first-order valence-electron chi connectivity index (χ1n) is 23.7. The van der Waals surface area contributed by atoms with Gasteiger partial charge in [0.25, 0.3) is 0 Å². The molecule has 72 heavy (non-hydrogen) atoms. The highest BCUT2D eigenvalue weighted by molar-refractivity contribution is 6.74. The lowest BCUT2D eigenvalue weighted by Crippen LogP contribution is -2.65. The van der Waals surface area contributed by atoms with Crippen LogP contribution in [0.25, 0.3) is 11.3 Å². The Morgan fingerprint density at radius 2 is 1.64 bits per heavy atom. The van der Waals surface area contributed by atoms with Crippen LogP contribution in [0.4, 0.5) is 17.6 Å². The number of hydrogen-bond donors (Lipinski definition) is 3. The van der Waals surface area contributed by atoms with Crippen molar-refractivity contribution < 1.29 is 51.0 Å². The van der Waals surface area contributed by atoms with E-state index in [4.69, 9.17) is 32.4 Å². The Labute approximate surface area is 430 Å². The van der Waals surface area contributed by atoms with Crippen molar-refractivity contribution in [3.63, 3.8) is 0 Å². The standard InChI is InChI=1S/C51H67Cl2F4N7O7Si/c1-32(58-27-39-40(54)23-37(53)24-43(39)71-38-18-14-34(15-19-38)42-28-59-44(62(42)7)29-61(5)6)46(67)60-41(30-70-72(9,10)49(2,3)4)48(69)63(8)50(25-33-12-16-36(52)17-13-33)20-11-21-64(31-50)47(68)35(22-45(65)66)26-51(55,56)57/h12-19,23-24,28,32,35,41,58H,11,20-22,25-27,29-31H2,1-10H3,(H,60,67)(H,65,66)/t32-,35-,41-,50+/m0/s1. The first-order chi connectivity index (χ1) is 33.5. The molecule has 21 heteroatoms. The van der Waals surface area contributed by atoms with Crippen molar-refractivity contribution in [1.29, 1.82) is 0 Å². The van der Waals surface area contributed by atoms with Gasteiger partial charge in [-0.15, -0.1) is 0 Å². The van der Waals surface area contributed by atoms with Crippen molar-refractivity contribution in [3.05, 3.63) is 99.7 Å². The molecule has 0 saturated carbocycles. The number of benzene rings is 3. The molecule has 5 rings (SSSR count). The van der Waals surface area contributed by atoms with Gasteiger partial charge in [0.2, 0.25) is 17.7 Å². The molecule has 394 valence electrons. The molecule has 0 bridgehead atoms. The van der Waals surface area contributed by atoms with Gasteiger partial charge in [-0.1, -0.05) is 56.1 Å². The van der Waals surface area contributed by atoms with Gasteiger partial charge in [0.05, 0.1) is 55.4 Å². The van der Waals surface area contributed by atoms with E-state index in [2.05, 4.69) is 15.6 Å². The maximum atomic E-state index is 15.8. The number of alkyl halides is 3. The average molecular weight is 1070 g/mol. The lowest BCUT2D eigenvalue weighted by Gasteiger charge is -2.50. The fraction of sp³-hybridized carbons (Fsp3) is 0.510. The lowest BCUT2D eigenvalue weighted by atomic mass is 9.80. The van der Waals surface area contributed by atoms with E-state index in [9.17, 15) is 32.7 Å². The van der Waals surface area contributed by atoms with Crippen LogP contribution in [0.1, 0.15) is 70.3 Å². The molecule has 0 unspecified atom stereocenters. The summed E-state index contributed by atoms with van der Waals surface area (Å²) < 4.78 is 71.6. The van der Waals surface area contributed by atoms with Crippen LogP contribution >= 0.6 is 23.2 Å². The number of aromatic nitrogens is 2. The number of nitrogens with zero attached hydrogens (tertiary/aromatic N) is 5. The molecule has 0 radical (unpaired) electrons. The monoisotopic (exact) mass is 1060 g/mol. The van der Waals surface area contributed by atoms with E-state index >= 15 is 9.18 Å². The number of amides is 3. The number of nitrogens with one attached hydrogen (secondary N) is 2. The second-order valence-electron chi connectivity index (χ2n) is 20.5. The summed E-state index contributed by atoms with van der Waals surface area (Å²) in [6, 6.07) is 14.3. The van der Waals surface area contributed by atoms with Gasteiger partial charge in [0.15, 0.2) is 8.32 Å². The molecule has 3 amide bonds. The molecule has 0 spiro atoms. The molecule has 1 aliphatic heterocycles. The predicted octanol–water partition coefficient (Wildman–Crippen LogP) is 9.48. The SMILES string of the molecule is C[C@H](NCc1c(F)cc(Cl)cc1Oc1ccc(-c2cnc(CN(C)C)n2C)cc1)C(=O)N[C@@H](CO[Si](C)(C)C(C)(C)C)C(=O)N(C)[C@@]1(Cc2ccc(Cl)cc2)CCCN(C(=O)[C@@H](CC(=O)O)CC(F)(F)F)C1. The quantitative estimate of drug-likeness (QED) is 0.0542. The third kappa shape index (κ3) is 15.3. The molecule has 4 atom stereocenters. The number of aliphatic carboxylic acids is 1. The van der Waals surface area contributed by atoms with Crippen molar-refractivity contribution in [1.82, 2.24) is 34.9 Å². The second kappa shape index (κ2) is 23.9. The van der Waals surface area contributed by atoms with Crippen LogP contribution in [-0.2, 0) is 50.2 Å². The summed E-state index contributed by atoms with van der Waals surface area (Å²) in [5.74, 6) is -4.94. The minimum atomic E-state index is -4.81. The summed E-state index contributed by atoms with van der Waals surface area (Å²) in [7, 11) is 4.81. The number of ether oxygens (including phenoxy) is 1. The summed E-state index contributed by atoms with van der Waals surface area (Å²) in [4.78, 5) is 64.1. The first-order valence-corrected chi connectivity index (χ1v) is 27.3. The zero-order chi connectivity index (χ0) is 53.5. The second-order valence-corrected chi connectivity index (χ2v) is 26.2. The number of rotatable bonds is 21. The Balaban J connectivity index is 1.40. The van der Waals surface area contributed by atoms with E-state index in [1.165, 1.54) is 22.9 Å². The molecule has 1 aliphatic rings. The molecular formula is C51H67Cl2F4N7O7Si. The summed E-state index contributed by atoms with van der Waals surface area (Å²) in [5, 5.41) is 15.6. The predicted molar refractivity (Wildman–Crippen MR) is 272 cm³/mol. The third-order valence-corrected chi connectivity index (χ3v) is 18.6. The minimum Gasteiger partial charge on any atom is -0.481 e. The molecule has 3 aromatic carbocycles. The van der Waals surface area contributed by atoms with Crippen LogP contribution in [0, 0.1) is 11.7 Å². The molecular weight excluding hydrogens is 998 g/mol. The number of halogens is 6. The highest BCUT2D eigenvalue weighted by atomic mass is 35.5. The van der Waals surface area contributed by atoms with Crippen LogP contribution in [0.2, 0.25) is 28.2 Å². The van der Waals surface area contributed by atoms with E-state index in [0.29, 0.717) is 29.3 Å². The smallest absolute Gasteiger partial charge is 0.389 e. The normalized spacial score (nSPS) is 16.8. The number of imidazole rings is 1. The van der Waals surface area contributed by atoms with Crippen LogP contribution in [0.5, 0.6) is 11.5 Å². The summed E-state index contributed by atoms with van der Waals surface area (Å²) in [5.41, 5.74) is 1.32. The number of carboxylic acid groups (broad SMARTS) is 1. The van der Waals surface area contributed by atoms with Crippen molar-refractivity contribution in [2.75, 3.05) is 40.8 Å². The molecule has 1 fully saturated rings. The van der Waals surface area contributed by atoms with Crippen molar-refractivity contribution in [2.45, 2.75) is 115 Å². The van der Waals surface area contributed by atoms with E-state index in [1.807, 2.05) is 76.6 Å². The Bertz CT molecular complexity index is 2540. The zero-order valence-corrected chi connectivity index (χ0v) is 45.1. The van der Waals surface area contributed by atoms with Gasteiger partial charge in [-0.3, -0.25) is 19.2 Å². The molecule has 3 N–H and O–H groups in total. The Hall–Kier alpha value is -5.05. The van der Waals surface area contributed by atoms with Crippen LogP contribution in [0.3, 0.4) is 0 Å². The summed E-state index contributed by atoms with van der Waals surface area (Å²) in [6.45, 7) is 11.6. The topological polar surface area (TPSA) is 159 Å². The fourth-order valence-electron chi connectivity index (χ4n) is 8.42. The number of likely N-dealkylation sites (tertiary alicyclic amines) is 1. The van der Waals surface area contributed by atoms with Crippen molar-refractivity contribution in [3.8, 4) is 22.8 Å². The number of hydrogen-bond acceptors (Lipinski definition) is 9. The van der Waals surface area contributed by atoms with Gasteiger partial charge in [0, 0.05) is 54.9 Å². The zero-order valence-electron chi connectivity index (χ0n) is 42.6. The Morgan fingerprint density at radius 3 is 2.24 bits per heavy atom. The van der Waals surface area contributed by atoms with Gasteiger partial charge in [-0.05, 0) is 113 Å².